The zero-order valence-corrected chi connectivity index (χ0v) is 7.38. The van der Waals surface area contributed by atoms with E-state index in [9.17, 15) is 0 Å². The first-order valence-electron chi connectivity index (χ1n) is 4.06. The molecule has 64 valence electrons. The highest BCUT2D eigenvalue weighted by Gasteiger charge is 2.20. The molecule has 0 unspecified atom stereocenters. The van der Waals surface area contributed by atoms with Gasteiger partial charge in [0.1, 0.15) is 11.0 Å². The minimum Gasteiger partial charge on any atom is -0.368 e. The van der Waals surface area contributed by atoms with E-state index in [1.165, 1.54) is 19.0 Å². The molecule has 0 atom stereocenters. The van der Waals surface area contributed by atoms with Crippen molar-refractivity contribution in [3.63, 3.8) is 0 Å². The van der Waals surface area contributed by atoms with Crippen LogP contribution < -0.4 is 5.32 Å². The molecule has 1 heterocycles. The molecule has 1 aliphatic carbocycles. The summed E-state index contributed by atoms with van der Waals surface area (Å²) >= 11 is 5.66. The van der Waals surface area contributed by atoms with Gasteiger partial charge in [-0.3, -0.25) is 4.98 Å². The van der Waals surface area contributed by atoms with E-state index < -0.39 is 0 Å². The summed E-state index contributed by atoms with van der Waals surface area (Å²) in [5.41, 5.74) is 0. The maximum Gasteiger partial charge on any atom is 0.149 e. The van der Waals surface area contributed by atoms with E-state index in [0.29, 0.717) is 5.15 Å². The molecular formula is C8H10ClN3. The normalized spacial score (nSPS) is 16.1. The molecule has 0 saturated heterocycles. The van der Waals surface area contributed by atoms with Gasteiger partial charge in [-0.05, 0) is 18.8 Å². The van der Waals surface area contributed by atoms with Gasteiger partial charge in [0.25, 0.3) is 0 Å². The lowest BCUT2D eigenvalue weighted by Crippen LogP contribution is -2.04. The van der Waals surface area contributed by atoms with Gasteiger partial charge in [0.2, 0.25) is 0 Å². The number of halogens is 1. The Balaban J connectivity index is 1.92. The predicted octanol–water partition coefficient (Wildman–Crippen LogP) is 1.95. The molecular weight excluding hydrogens is 174 g/mol. The van der Waals surface area contributed by atoms with Crippen LogP contribution in [0, 0.1) is 5.92 Å². The van der Waals surface area contributed by atoms with Gasteiger partial charge in [-0.15, -0.1) is 0 Å². The van der Waals surface area contributed by atoms with Crippen LogP contribution in [0.15, 0.2) is 12.4 Å². The van der Waals surface area contributed by atoms with Crippen molar-refractivity contribution in [3.8, 4) is 0 Å². The Bertz CT molecular complexity index is 273. The van der Waals surface area contributed by atoms with Crippen LogP contribution in [0.25, 0.3) is 0 Å². The second-order valence-electron chi connectivity index (χ2n) is 3.05. The molecule has 4 heteroatoms. The highest BCUT2D eigenvalue weighted by Crippen LogP contribution is 2.28. The average molecular weight is 184 g/mol. The summed E-state index contributed by atoms with van der Waals surface area (Å²) in [7, 11) is 0. The monoisotopic (exact) mass is 183 g/mol. The maximum absolute atomic E-state index is 5.66. The minimum atomic E-state index is 0.441. The van der Waals surface area contributed by atoms with Gasteiger partial charge in [0.15, 0.2) is 0 Å². The van der Waals surface area contributed by atoms with Gasteiger partial charge in [-0.2, -0.15) is 0 Å². The van der Waals surface area contributed by atoms with Gasteiger partial charge in [-0.1, -0.05) is 11.6 Å². The predicted molar refractivity (Wildman–Crippen MR) is 48.3 cm³/mol. The summed E-state index contributed by atoms with van der Waals surface area (Å²) in [5, 5.41) is 3.63. The number of nitrogens with one attached hydrogen (secondary N) is 1. The molecule has 0 bridgehead atoms. The van der Waals surface area contributed by atoms with E-state index in [1.807, 2.05) is 0 Å². The highest BCUT2D eigenvalue weighted by atomic mass is 35.5. The molecule has 1 aromatic rings. The number of hydrogen-bond donors (Lipinski definition) is 1. The fraction of sp³-hybridized carbons (Fsp3) is 0.500. The van der Waals surface area contributed by atoms with Crippen LogP contribution in [-0.4, -0.2) is 16.5 Å². The van der Waals surface area contributed by atoms with Crippen LogP contribution in [0.4, 0.5) is 5.82 Å². The quantitative estimate of drug-likeness (QED) is 0.779. The fourth-order valence-electron chi connectivity index (χ4n) is 0.998. The number of nitrogens with zero attached hydrogens (tertiary/aromatic N) is 2. The Kier molecular flexibility index (Phi) is 2.13. The molecule has 0 spiro atoms. The van der Waals surface area contributed by atoms with E-state index in [1.54, 1.807) is 6.20 Å². The SMILES string of the molecule is Clc1cncc(NCC2CC2)n1. The molecule has 0 aliphatic heterocycles. The smallest absolute Gasteiger partial charge is 0.149 e. The largest absolute Gasteiger partial charge is 0.368 e. The van der Waals surface area contributed by atoms with Crippen molar-refractivity contribution in [1.82, 2.24) is 9.97 Å². The summed E-state index contributed by atoms with van der Waals surface area (Å²) < 4.78 is 0. The van der Waals surface area contributed by atoms with Crippen molar-refractivity contribution >= 4 is 17.4 Å². The van der Waals surface area contributed by atoms with Crippen molar-refractivity contribution in [2.75, 3.05) is 11.9 Å². The zero-order valence-electron chi connectivity index (χ0n) is 6.63. The van der Waals surface area contributed by atoms with Gasteiger partial charge in [-0.25, -0.2) is 4.98 Å². The molecule has 0 radical (unpaired) electrons. The molecule has 1 saturated carbocycles. The van der Waals surface area contributed by atoms with E-state index in [4.69, 9.17) is 11.6 Å². The minimum absolute atomic E-state index is 0.441. The van der Waals surface area contributed by atoms with Crippen LogP contribution in [0.1, 0.15) is 12.8 Å². The van der Waals surface area contributed by atoms with Crippen molar-refractivity contribution in [3.05, 3.63) is 17.5 Å². The lowest BCUT2D eigenvalue weighted by molar-refractivity contribution is 0.881. The molecule has 2 rings (SSSR count). The van der Waals surface area contributed by atoms with E-state index >= 15 is 0 Å². The number of hydrogen-bond acceptors (Lipinski definition) is 3. The Morgan fingerprint density at radius 3 is 3.00 bits per heavy atom. The summed E-state index contributed by atoms with van der Waals surface area (Å²) in [6.45, 7) is 0.995. The Morgan fingerprint density at radius 1 is 1.50 bits per heavy atom. The average Bonchev–Trinajstić information content (AvgIpc) is 2.84. The maximum atomic E-state index is 5.66. The first kappa shape index (κ1) is 7.80. The lowest BCUT2D eigenvalue weighted by atomic mass is 10.4. The Morgan fingerprint density at radius 2 is 2.33 bits per heavy atom. The molecule has 0 amide bonds. The molecule has 1 aliphatic rings. The van der Waals surface area contributed by atoms with Gasteiger partial charge in [0.05, 0.1) is 12.4 Å². The van der Waals surface area contributed by atoms with E-state index in [0.717, 1.165) is 18.3 Å². The summed E-state index contributed by atoms with van der Waals surface area (Å²) in [5.74, 6) is 1.61. The number of rotatable bonds is 3. The third-order valence-electron chi connectivity index (χ3n) is 1.87. The second kappa shape index (κ2) is 3.27. The van der Waals surface area contributed by atoms with Crippen LogP contribution in [0.3, 0.4) is 0 Å². The van der Waals surface area contributed by atoms with Gasteiger partial charge >= 0.3 is 0 Å². The molecule has 1 aromatic heterocycles. The van der Waals surface area contributed by atoms with Crippen molar-refractivity contribution in [1.29, 1.82) is 0 Å². The van der Waals surface area contributed by atoms with Gasteiger partial charge < -0.3 is 5.32 Å². The van der Waals surface area contributed by atoms with Crippen LogP contribution >= 0.6 is 11.6 Å². The van der Waals surface area contributed by atoms with Crippen LogP contribution in [0.5, 0.6) is 0 Å². The van der Waals surface area contributed by atoms with Crippen molar-refractivity contribution < 1.29 is 0 Å². The fourth-order valence-corrected chi connectivity index (χ4v) is 1.15. The van der Waals surface area contributed by atoms with Crippen LogP contribution in [0.2, 0.25) is 5.15 Å². The zero-order chi connectivity index (χ0) is 8.39. The van der Waals surface area contributed by atoms with Crippen LogP contribution in [-0.2, 0) is 0 Å². The molecule has 0 aromatic carbocycles. The summed E-state index contributed by atoms with van der Waals surface area (Å²) in [4.78, 5) is 7.99. The second-order valence-corrected chi connectivity index (χ2v) is 3.44. The Hall–Kier alpha value is -0.830. The standard InChI is InChI=1S/C8H10ClN3/c9-7-4-10-5-8(12-7)11-3-6-1-2-6/h4-6H,1-3H2,(H,11,12). The van der Waals surface area contributed by atoms with Crippen molar-refractivity contribution in [2.45, 2.75) is 12.8 Å². The van der Waals surface area contributed by atoms with E-state index in [-0.39, 0.29) is 0 Å². The van der Waals surface area contributed by atoms with E-state index in [2.05, 4.69) is 15.3 Å². The number of anilines is 1. The molecule has 1 fully saturated rings. The highest BCUT2D eigenvalue weighted by molar-refractivity contribution is 6.29. The summed E-state index contributed by atoms with van der Waals surface area (Å²) in [6.07, 6.45) is 5.89. The number of aromatic nitrogens is 2. The summed E-state index contributed by atoms with van der Waals surface area (Å²) in [6, 6.07) is 0. The topological polar surface area (TPSA) is 37.8 Å². The molecule has 1 N–H and O–H groups in total. The molecule has 3 nitrogen and oxygen atoms in total. The van der Waals surface area contributed by atoms with Crippen molar-refractivity contribution in [2.24, 2.45) is 5.92 Å². The Labute approximate surface area is 76.2 Å². The first-order valence-corrected chi connectivity index (χ1v) is 4.44. The third kappa shape index (κ3) is 2.08. The van der Waals surface area contributed by atoms with Gasteiger partial charge in [0, 0.05) is 6.54 Å². The first-order chi connectivity index (χ1) is 5.84. The molecule has 12 heavy (non-hydrogen) atoms. The lowest BCUT2D eigenvalue weighted by Gasteiger charge is -2.02. The third-order valence-corrected chi connectivity index (χ3v) is 2.06.